The molecular formula is C28H24Cl2FN5O3. The quantitative estimate of drug-likeness (QED) is 0.303. The molecule has 0 atom stereocenters. The highest BCUT2D eigenvalue weighted by atomic mass is 35.5. The smallest absolute Gasteiger partial charge is 0.322 e. The minimum atomic E-state index is -0.487. The number of methoxy groups -OCH3 is 1. The first-order chi connectivity index (χ1) is 18.8. The van der Waals surface area contributed by atoms with E-state index in [1.54, 1.807) is 25.3 Å². The van der Waals surface area contributed by atoms with Crippen LogP contribution in [0.15, 0.2) is 71.5 Å². The third-order valence-corrected chi connectivity index (χ3v) is 6.91. The number of carbonyl (C=O) groups is 1. The highest BCUT2D eigenvalue weighted by Gasteiger charge is 2.27. The molecular weight excluding hydrogens is 544 g/mol. The molecule has 8 nitrogen and oxygen atoms in total. The van der Waals surface area contributed by atoms with Gasteiger partial charge in [-0.3, -0.25) is 4.79 Å². The van der Waals surface area contributed by atoms with Gasteiger partial charge < -0.3 is 20.3 Å². The standard InChI is InChI=1S/C28H24Cl2FN5O3/c1-39-21-8-5-17(6-9-21)15-32-27-33-24-11-12-35(28(38)34-25-10-7-18(29)13-23(25)30)16-22(24)26(37)36(27)20-4-2-3-19(31)14-20/h2-10,13-14H,11-12,15-16H2,1H3,(H,32,33)(H,34,38). The highest BCUT2D eigenvalue weighted by molar-refractivity contribution is 6.36. The second kappa shape index (κ2) is 11.3. The Morgan fingerprint density at radius 3 is 2.62 bits per heavy atom. The van der Waals surface area contributed by atoms with Crippen molar-refractivity contribution in [1.29, 1.82) is 0 Å². The first kappa shape index (κ1) is 26.5. The Balaban J connectivity index is 1.45. The summed E-state index contributed by atoms with van der Waals surface area (Å²) in [5.41, 5.74) is 2.23. The number of hydrogen-bond acceptors (Lipinski definition) is 5. The lowest BCUT2D eigenvalue weighted by atomic mass is 10.1. The zero-order valence-corrected chi connectivity index (χ0v) is 22.4. The minimum absolute atomic E-state index is 0.0340. The topological polar surface area (TPSA) is 88.5 Å². The van der Waals surface area contributed by atoms with Crippen molar-refractivity contribution in [2.24, 2.45) is 0 Å². The Morgan fingerprint density at radius 1 is 1.10 bits per heavy atom. The van der Waals surface area contributed by atoms with Gasteiger partial charge in [0.2, 0.25) is 5.95 Å². The van der Waals surface area contributed by atoms with Crippen LogP contribution < -0.4 is 20.9 Å². The maximum absolute atomic E-state index is 14.2. The lowest BCUT2D eigenvalue weighted by Gasteiger charge is -2.29. The highest BCUT2D eigenvalue weighted by Crippen LogP contribution is 2.27. The molecule has 2 amide bonds. The van der Waals surface area contributed by atoms with Crippen LogP contribution >= 0.6 is 23.2 Å². The molecule has 0 radical (unpaired) electrons. The van der Waals surface area contributed by atoms with E-state index < -0.39 is 11.8 Å². The fraction of sp³-hybridized carbons (Fsp3) is 0.179. The largest absolute Gasteiger partial charge is 0.497 e. The van der Waals surface area contributed by atoms with E-state index in [1.807, 2.05) is 24.3 Å². The van der Waals surface area contributed by atoms with E-state index in [0.717, 1.165) is 11.3 Å². The molecule has 2 N–H and O–H groups in total. The maximum Gasteiger partial charge on any atom is 0.322 e. The van der Waals surface area contributed by atoms with E-state index in [-0.39, 0.29) is 18.1 Å². The van der Waals surface area contributed by atoms with Gasteiger partial charge in [0.25, 0.3) is 5.56 Å². The molecule has 39 heavy (non-hydrogen) atoms. The number of hydrogen-bond donors (Lipinski definition) is 2. The fourth-order valence-electron chi connectivity index (χ4n) is 4.33. The Kier molecular flexibility index (Phi) is 7.72. The second-order valence-corrected chi connectivity index (χ2v) is 9.75. The number of nitrogens with one attached hydrogen (secondary N) is 2. The Labute approximate surface area is 234 Å². The SMILES string of the molecule is COc1ccc(CNc2nc3c(c(=O)n2-c2cccc(F)c2)CN(C(=O)Nc2ccc(Cl)cc2Cl)CC3)cc1. The molecule has 0 unspecified atom stereocenters. The number of carbonyl (C=O) groups excluding carboxylic acids is 1. The summed E-state index contributed by atoms with van der Waals surface area (Å²) in [6, 6.07) is 17.6. The number of nitrogens with zero attached hydrogens (tertiary/aromatic N) is 3. The average molecular weight is 568 g/mol. The van der Waals surface area contributed by atoms with Crippen molar-refractivity contribution in [1.82, 2.24) is 14.5 Å². The van der Waals surface area contributed by atoms with Gasteiger partial charge in [-0.05, 0) is 54.1 Å². The van der Waals surface area contributed by atoms with Gasteiger partial charge in [-0.1, -0.05) is 41.4 Å². The van der Waals surface area contributed by atoms with Gasteiger partial charge in [0, 0.05) is 24.5 Å². The number of halogens is 3. The molecule has 0 saturated carbocycles. The van der Waals surface area contributed by atoms with Gasteiger partial charge in [0.15, 0.2) is 0 Å². The van der Waals surface area contributed by atoms with E-state index in [1.165, 1.54) is 33.7 Å². The molecule has 11 heteroatoms. The third-order valence-electron chi connectivity index (χ3n) is 6.37. The van der Waals surface area contributed by atoms with Crippen molar-refractivity contribution < 1.29 is 13.9 Å². The minimum Gasteiger partial charge on any atom is -0.497 e. The molecule has 200 valence electrons. The number of rotatable bonds is 6. The van der Waals surface area contributed by atoms with Crippen LogP contribution in [0.3, 0.4) is 0 Å². The van der Waals surface area contributed by atoms with Crippen LogP contribution in [0.2, 0.25) is 10.0 Å². The molecule has 0 saturated heterocycles. The Morgan fingerprint density at radius 2 is 1.90 bits per heavy atom. The zero-order valence-electron chi connectivity index (χ0n) is 20.9. The summed E-state index contributed by atoms with van der Waals surface area (Å²) in [5.74, 6) is 0.527. The van der Waals surface area contributed by atoms with Gasteiger partial charge in [-0.2, -0.15) is 0 Å². The summed E-state index contributed by atoms with van der Waals surface area (Å²) in [6.45, 7) is 0.756. The van der Waals surface area contributed by atoms with Gasteiger partial charge in [0.1, 0.15) is 11.6 Å². The van der Waals surface area contributed by atoms with Gasteiger partial charge in [-0.25, -0.2) is 18.7 Å². The van der Waals surface area contributed by atoms with Crippen molar-refractivity contribution in [2.45, 2.75) is 19.5 Å². The number of fused-ring (bicyclic) bond motifs is 1. The molecule has 0 fully saturated rings. The first-order valence-corrected chi connectivity index (χ1v) is 12.9. The molecule has 0 bridgehead atoms. The molecule has 0 aliphatic carbocycles. The Bertz CT molecular complexity index is 1590. The zero-order chi connectivity index (χ0) is 27.5. The predicted molar refractivity (Wildman–Crippen MR) is 150 cm³/mol. The van der Waals surface area contributed by atoms with Gasteiger partial charge >= 0.3 is 6.03 Å². The van der Waals surface area contributed by atoms with Crippen molar-refractivity contribution in [3.05, 3.63) is 110 Å². The van der Waals surface area contributed by atoms with Crippen molar-refractivity contribution in [3.8, 4) is 11.4 Å². The van der Waals surface area contributed by atoms with Crippen molar-refractivity contribution in [3.63, 3.8) is 0 Å². The van der Waals surface area contributed by atoms with E-state index in [4.69, 9.17) is 32.9 Å². The lowest BCUT2D eigenvalue weighted by molar-refractivity contribution is 0.205. The molecule has 1 aliphatic rings. The lowest BCUT2D eigenvalue weighted by Crippen LogP contribution is -2.43. The summed E-state index contributed by atoms with van der Waals surface area (Å²) in [5, 5.41) is 6.74. The number of benzene rings is 3. The number of amides is 2. The predicted octanol–water partition coefficient (Wildman–Crippen LogP) is 5.89. The van der Waals surface area contributed by atoms with Crippen LogP contribution in [0.5, 0.6) is 5.75 Å². The summed E-state index contributed by atoms with van der Waals surface area (Å²) in [7, 11) is 1.60. The summed E-state index contributed by atoms with van der Waals surface area (Å²) in [4.78, 5) is 33.1. The average Bonchev–Trinajstić information content (AvgIpc) is 2.93. The van der Waals surface area contributed by atoms with E-state index in [9.17, 15) is 14.0 Å². The molecule has 5 rings (SSSR count). The first-order valence-electron chi connectivity index (χ1n) is 12.1. The van der Waals surface area contributed by atoms with Crippen LogP contribution in [0.1, 0.15) is 16.8 Å². The van der Waals surface area contributed by atoms with Crippen molar-refractivity contribution >= 4 is 40.9 Å². The van der Waals surface area contributed by atoms with Crippen molar-refractivity contribution in [2.75, 3.05) is 24.3 Å². The van der Waals surface area contributed by atoms with Crippen LogP contribution in [0.25, 0.3) is 5.69 Å². The molecule has 1 aliphatic heterocycles. The molecule has 4 aromatic rings. The maximum atomic E-state index is 14.2. The molecule has 3 aromatic carbocycles. The molecule has 2 heterocycles. The van der Waals surface area contributed by atoms with E-state index in [2.05, 4.69) is 10.6 Å². The number of aromatic nitrogens is 2. The second-order valence-electron chi connectivity index (χ2n) is 8.91. The number of urea groups is 1. The number of anilines is 2. The third kappa shape index (κ3) is 5.84. The van der Waals surface area contributed by atoms with Gasteiger partial charge in [0.05, 0.1) is 41.3 Å². The molecule has 1 aromatic heterocycles. The monoisotopic (exact) mass is 567 g/mol. The van der Waals surface area contributed by atoms with Crippen LogP contribution in [-0.4, -0.2) is 34.1 Å². The van der Waals surface area contributed by atoms with Gasteiger partial charge in [-0.15, -0.1) is 0 Å². The Hall–Kier alpha value is -4.08. The normalized spacial score (nSPS) is 12.6. The van der Waals surface area contributed by atoms with E-state index >= 15 is 0 Å². The van der Waals surface area contributed by atoms with Crippen LogP contribution in [0, 0.1) is 5.82 Å². The van der Waals surface area contributed by atoms with Crippen LogP contribution in [-0.2, 0) is 19.5 Å². The summed E-state index contributed by atoms with van der Waals surface area (Å²) >= 11 is 12.1. The van der Waals surface area contributed by atoms with E-state index in [0.29, 0.717) is 52.2 Å². The molecule has 0 spiro atoms. The summed E-state index contributed by atoms with van der Waals surface area (Å²) in [6.07, 6.45) is 0.369. The van der Waals surface area contributed by atoms with Crippen LogP contribution in [0.4, 0.5) is 20.8 Å². The number of ether oxygens (including phenoxy) is 1. The summed E-state index contributed by atoms with van der Waals surface area (Å²) < 4.78 is 20.7. The fourth-order valence-corrected chi connectivity index (χ4v) is 4.79.